The minimum atomic E-state index is 0.464. The zero-order valence-electron chi connectivity index (χ0n) is 9.91. The van der Waals surface area contributed by atoms with Gasteiger partial charge in [-0.3, -0.25) is 0 Å². The highest BCUT2D eigenvalue weighted by Gasteiger charge is 2.21. The Morgan fingerprint density at radius 2 is 1.69 bits per heavy atom. The number of fused-ring (bicyclic) bond motifs is 1. The Morgan fingerprint density at radius 1 is 0.938 bits per heavy atom. The van der Waals surface area contributed by atoms with Crippen molar-refractivity contribution < 1.29 is 0 Å². The van der Waals surface area contributed by atoms with Crippen LogP contribution < -0.4 is 5.73 Å². The lowest BCUT2D eigenvalue weighted by molar-refractivity contribution is 0.395. The van der Waals surface area contributed by atoms with Crippen LogP contribution in [-0.4, -0.2) is 6.04 Å². The Morgan fingerprint density at radius 3 is 2.50 bits per heavy atom. The molecule has 0 bridgehead atoms. The van der Waals surface area contributed by atoms with Crippen molar-refractivity contribution in [3.05, 3.63) is 34.9 Å². The summed E-state index contributed by atoms with van der Waals surface area (Å²) in [4.78, 5) is 0. The molecule has 1 saturated carbocycles. The van der Waals surface area contributed by atoms with E-state index in [1.54, 1.807) is 16.7 Å². The van der Waals surface area contributed by atoms with Gasteiger partial charge in [0.2, 0.25) is 0 Å². The van der Waals surface area contributed by atoms with Crippen molar-refractivity contribution in [2.45, 2.75) is 56.9 Å². The predicted octanol–water partition coefficient (Wildman–Crippen LogP) is 3.16. The molecule has 0 radical (unpaired) electrons. The van der Waals surface area contributed by atoms with Crippen molar-refractivity contribution in [2.24, 2.45) is 5.73 Å². The molecule has 86 valence electrons. The average Bonchev–Trinajstić information content (AvgIpc) is 2.77. The van der Waals surface area contributed by atoms with Crippen molar-refractivity contribution in [1.29, 1.82) is 0 Å². The quantitative estimate of drug-likeness (QED) is 0.765. The first kappa shape index (κ1) is 10.3. The van der Waals surface area contributed by atoms with E-state index in [1.807, 2.05) is 0 Å². The number of nitrogens with two attached hydrogens (primary N) is 1. The summed E-state index contributed by atoms with van der Waals surface area (Å²) in [6, 6.07) is 7.67. The molecule has 16 heavy (non-hydrogen) atoms. The number of hydrogen-bond acceptors (Lipinski definition) is 1. The van der Waals surface area contributed by atoms with Crippen LogP contribution in [0.15, 0.2) is 18.2 Å². The van der Waals surface area contributed by atoms with Gasteiger partial charge in [0.05, 0.1) is 0 Å². The van der Waals surface area contributed by atoms with Crippen LogP contribution in [0.4, 0.5) is 0 Å². The molecule has 0 heterocycles. The molecular formula is C15H21N. The van der Waals surface area contributed by atoms with Gasteiger partial charge >= 0.3 is 0 Å². The first-order chi connectivity index (χ1) is 7.83. The van der Waals surface area contributed by atoms with Gasteiger partial charge in [0.25, 0.3) is 0 Å². The molecule has 0 unspecified atom stereocenters. The summed E-state index contributed by atoms with van der Waals surface area (Å²) in [5.41, 5.74) is 10.8. The fourth-order valence-corrected chi connectivity index (χ4v) is 3.30. The Bertz CT molecular complexity index is 375. The maximum absolute atomic E-state index is 5.97. The van der Waals surface area contributed by atoms with E-state index in [4.69, 9.17) is 5.73 Å². The lowest BCUT2D eigenvalue weighted by Gasteiger charge is -2.26. The molecular weight excluding hydrogens is 194 g/mol. The van der Waals surface area contributed by atoms with Crippen LogP contribution in [0.5, 0.6) is 0 Å². The first-order valence-electron chi connectivity index (χ1n) is 6.70. The van der Waals surface area contributed by atoms with E-state index < -0.39 is 0 Å². The molecule has 1 nitrogen and oxygen atoms in total. The molecule has 0 atom stereocenters. The molecule has 0 saturated heterocycles. The zero-order valence-corrected chi connectivity index (χ0v) is 9.91. The number of aryl methyl sites for hydroxylation is 2. The van der Waals surface area contributed by atoms with Gasteiger partial charge < -0.3 is 5.73 Å². The molecule has 0 aliphatic heterocycles. The van der Waals surface area contributed by atoms with Crippen LogP contribution in [0, 0.1) is 0 Å². The van der Waals surface area contributed by atoms with E-state index >= 15 is 0 Å². The number of hydrogen-bond donors (Lipinski definition) is 1. The van der Waals surface area contributed by atoms with E-state index in [1.165, 1.54) is 44.9 Å². The molecule has 2 N–H and O–H groups in total. The van der Waals surface area contributed by atoms with Crippen molar-refractivity contribution in [3.8, 4) is 0 Å². The lowest BCUT2D eigenvalue weighted by atomic mass is 9.81. The van der Waals surface area contributed by atoms with Crippen molar-refractivity contribution in [2.75, 3.05) is 0 Å². The monoisotopic (exact) mass is 215 g/mol. The zero-order chi connectivity index (χ0) is 11.0. The molecule has 2 aliphatic carbocycles. The van der Waals surface area contributed by atoms with E-state index in [-0.39, 0.29) is 0 Å². The van der Waals surface area contributed by atoms with Crippen molar-refractivity contribution in [3.63, 3.8) is 0 Å². The molecule has 1 aromatic rings. The molecule has 2 aliphatic rings. The second kappa shape index (κ2) is 4.21. The van der Waals surface area contributed by atoms with Gasteiger partial charge in [0, 0.05) is 6.04 Å². The average molecular weight is 215 g/mol. The topological polar surface area (TPSA) is 26.0 Å². The van der Waals surface area contributed by atoms with Gasteiger partial charge in [-0.05, 0) is 67.6 Å². The minimum Gasteiger partial charge on any atom is -0.328 e. The molecule has 1 aromatic carbocycles. The molecule has 1 fully saturated rings. The standard InChI is InChI=1S/C15H21N/c16-15-8-6-12(7-9-15)14-5-4-11-2-1-3-13(11)10-14/h4-5,10,12,15H,1-3,6-9,16H2. The van der Waals surface area contributed by atoms with Crippen LogP contribution in [0.25, 0.3) is 0 Å². The normalized spacial score (nSPS) is 29.1. The minimum absolute atomic E-state index is 0.464. The highest BCUT2D eigenvalue weighted by atomic mass is 14.6. The van der Waals surface area contributed by atoms with E-state index in [0.717, 1.165) is 5.92 Å². The van der Waals surface area contributed by atoms with Gasteiger partial charge in [0.15, 0.2) is 0 Å². The highest BCUT2D eigenvalue weighted by molar-refractivity contribution is 5.36. The summed E-state index contributed by atoms with van der Waals surface area (Å²) in [6.45, 7) is 0. The van der Waals surface area contributed by atoms with Gasteiger partial charge in [-0.1, -0.05) is 18.2 Å². The summed E-state index contributed by atoms with van der Waals surface area (Å²) in [5.74, 6) is 0.783. The predicted molar refractivity (Wildman–Crippen MR) is 67.7 cm³/mol. The Kier molecular flexibility index (Phi) is 2.72. The van der Waals surface area contributed by atoms with Crippen LogP contribution in [0.2, 0.25) is 0 Å². The molecule has 1 heteroatoms. The summed E-state index contributed by atoms with van der Waals surface area (Å²) in [5, 5.41) is 0. The first-order valence-corrected chi connectivity index (χ1v) is 6.70. The van der Waals surface area contributed by atoms with Gasteiger partial charge in [0.1, 0.15) is 0 Å². The van der Waals surface area contributed by atoms with Crippen molar-refractivity contribution in [1.82, 2.24) is 0 Å². The lowest BCUT2D eigenvalue weighted by Crippen LogP contribution is -2.25. The summed E-state index contributed by atoms with van der Waals surface area (Å²) < 4.78 is 0. The fraction of sp³-hybridized carbons (Fsp3) is 0.600. The van der Waals surface area contributed by atoms with Gasteiger partial charge in [-0.15, -0.1) is 0 Å². The second-order valence-corrected chi connectivity index (χ2v) is 5.49. The summed E-state index contributed by atoms with van der Waals surface area (Å²) in [6.07, 6.45) is 8.96. The Hall–Kier alpha value is -0.820. The smallest absolute Gasteiger partial charge is 0.00392 e. The SMILES string of the molecule is NC1CCC(c2ccc3c(c2)CCC3)CC1. The van der Waals surface area contributed by atoms with E-state index in [0.29, 0.717) is 6.04 Å². The van der Waals surface area contributed by atoms with Crippen LogP contribution >= 0.6 is 0 Å². The third-order valence-electron chi connectivity index (χ3n) is 4.37. The van der Waals surface area contributed by atoms with Crippen LogP contribution in [0.1, 0.15) is 54.7 Å². The van der Waals surface area contributed by atoms with Gasteiger partial charge in [-0.25, -0.2) is 0 Å². The maximum Gasteiger partial charge on any atom is 0.00392 e. The van der Waals surface area contributed by atoms with E-state index in [2.05, 4.69) is 18.2 Å². The number of benzene rings is 1. The molecule has 3 rings (SSSR count). The third-order valence-corrected chi connectivity index (χ3v) is 4.37. The Balaban J connectivity index is 1.79. The molecule has 0 aromatic heterocycles. The van der Waals surface area contributed by atoms with E-state index in [9.17, 15) is 0 Å². The fourth-order valence-electron chi connectivity index (χ4n) is 3.30. The molecule has 0 amide bonds. The second-order valence-electron chi connectivity index (χ2n) is 5.49. The van der Waals surface area contributed by atoms with Crippen LogP contribution in [0.3, 0.4) is 0 Å². The largest absolute Gasteiger partial charge is 0.328 e. The third kappa shape index (κ3) is 1.89. The highest BCUT2D eigenvalue weighted by Crippen LogP contribution is 2.34. The number of rotatable bonds is 1. The molecule has 0 spiro atoms. The van der Waals surface area contributed by atoms with Crippen LogP contribution in [-0.2, 0) is 12.8 Å². The van der Waals surface area contributed by atoms with Gasteiger partial charge in [-0.2, -0.15) is 0 Å². The summed E-state index contributed by atoms with van der Waals surface area (Å²) in [7, 11) is 0. The maximum atomic E-state index is 5.97. The van der Waals surface area contributed by atoms with Crippen molar-refractivity contribution >= 4 is 0 Å². The summed E-state index contributed by atoms with van der Waals surface area (Å²) >= 11 is 0. The Labute approximate surface area is 98.0 Å².